The number of likely N-dealkylation sites (N-methyl/N-ethyl adjacent to an activating group) is 1. The molecule has 0 unspecified atom stereocenters. The van der Waals surface area contributed by atoms with Crippen LogP contribution in [0.15, 0.2) is 53.5 Å². The maximum absolute atomic E-state index is 9.74. The summed E-state index contributed by atoms with van der Waals surface area (Å²) < 4.78 is 5.19. The Hall–Kier alpha value is -2.33. The third-order valence-electron chi connectivity index (χ3n) is 3.57. The van der Waals surface area contributed by atoms with Gasteiger partial charge >= 0.3 is 0 Å². The van der Waals surface area contributed by atoms with Gasteiger partial charge in [-0.25, -0.2) is 0 Å². The lowest BCUT2D eigenvalue weighted by molar-refractivity contribution is 0.306. The van der Waals surface area contributed by atoms with Crippen LogP contribution >= 0.6 is 0 Å². The van der Waals surface area contributed by atoms with Crippen molar-refractivity contribution in [2.45, 2.75) is 6.04 Å². The molecule has 116 valence electrons. The Morgan fingerprint density at radius 2 is 1.82 bits per heavy atom. The lowest BCUT2D eigenvalue weighted by Gasteiger charge is -2.23. The number of hydrogen-bond acceptors (Lipinski definition) is 4. The first-order valence-electron chi connectivity index (χ1n) is 7.20. The number of ether oxygens (including phenoxy) is 1. The maximum Gasteiger partial charge on any atom is 0.124 e. The molecule has 2 aromatic carbocycles. The molecule has 0 aliphatic rings. The molecule has 0 saturated heterocycles. The third-order valence-corrected chi connectivity index (χ3v) is 3.57. The zero-order chi connectivity index (χ0) is 15.9. The molecule has 0 aliphatic heterocycles. The summed E-state index contributed by atoms with van der Waals surface area (Å²) in [5.74, 6) is 1.09. The first-order chi connectivity index (χ1) is 10.6. The molecule has 0 bridgehead atoms. The highest BCUT2D eigenvalue weighted by Gasteiger charge is 2.13. The van der Waals surface area contributed by atoms with E-state index >= 15 is 0 Å². The third kappa shape index (κ3) is 4.09. The summed E-state index contributed by atoms with van der Waals surface area (Å²) in [6.45, 7) is 0.619. The Morgan fingerprint density at radius 3 is 2.41 bits per heavy atom. The van der Waals surface area contributed by atoms with Crippen LogP contribution < -0.4 is 4.74 Å². The van der Waals surface area contributed by atoms with Gasteiger partial charge in [0.15, 0.2) is 0 Å². The zero-order valence-corrected chi connectivity index (χ0v) is 13.2. The molecule has 4 nitrogen and oxygen atoms in total. The number of aliphatic imine (C=N–C) groups is 1. The van der Waals surface area contributed by atoms with E-state index < -0.39 is 0 Å². The predicted octanol–water partition coefficient (Wildman–Crippen LogP) is 3.12. The van der Waals surface area contributed by atoms with Crippen molar-refractivity contribution in [2.24, 2.45) is 4.99 Å². The molecule has 0 saturated carbocycles. The molecular weight excluding hydrogens is 276 g/mol. The van der Waals surface area contributed by atoms with Crippen molar-refractivity contribution < 1.29 is 9.84 Å². The lowest BCUT2D eigenvalue weighted by atomic mass is 10.1. The van der Waals surface area contributed by atoms with Crippen molar-refractivity contribution in [1.82, 2.24) is 4.90 Å². The molecule has 0 aliphatic carbocycles. The van der Waals surface area contributed by atoms with Crippen molar-refractivity contribution in [3.63, 3.8) is 0 Å². The minimum absolute atomic E-state index is 0.174. The molecular formula is C18H22N2O2. The molecule has 1 N–H and O–H groups in total. The fraction of sp³-hybridized carbons (Fsp3) is 0.278. The van der Waals surface area contributed by atoms with Crippen LogP contribution in [-0.2, 0) is 0 Å². The largest absolute Gasteiger partial charge is 0.507 e. The van der Waals surface area contributed by atoms with Gasteiger partial charge in [-0.3, -0.25) is 4.99 Å². The number of rotatable bonds is 6. The van der Waals surface area contributed by atoms with Gasteiger partial charge in [0, 0.05) is 11.8 Å². The maximum atomic E-state index is 9.74. The van der Waals surface area contributed by atoms with Crippen LogP contribution in [0.4, 0.5) is 0 Å². The smallest absolute Gasteiger partial charge is 0.124 e. The highest BCUT2D eigenvalue weighted by molar-refractivity contribution is 5.83. The molecule has 2 aromatic rings. The number of phenols is 1. The average Bonchev–Trinajstić information content (AvgIpc) is 2.53. The van der Waals surface area contributed by atoms with E-state index in [9.17, 15) is 5.11 Å². The molecule has 0 aromatic heterocycles. The number of benzene rings is 2. The van der Waals surface area contributed by atoms with Crippen LogP contribution in [0.2, 0.25) is 0 Å². The van der Waals surface area contributed by atoms with Gasteiger partial charge in [-0.1, -0.05) is 24.3 Å². The van der Waals surface area contributed by atoms with Gasteiger partial charge in [0.25, 0.3) is 0 Å². The molecule has 0 amide bonds. The van der Waals surface area contributed by atoms with E-state index in [2.05, 4.69) is 22.0 Å². The van der Waals surface area contributed by atoms with Crippen molar-refractivity contribution in [3.8, 4) is 11.5 Å². The number of para-hydroxylation sites is 1. The van der Waals surface area contributed by atoms with Crippen molar-refractivity contribution in [2.75, 3.05) is 27.7 Å². The summed E-state index contributed by atoms with van der Waals surface area (Å²) in [4.78, 5) is 6.61. The average molecular weight is 298 g/mol. The van der Waals surface area contributed by atoms with Crippen molar-refractivity contribution >= 4 is 6.21 Å². The van der Waals surface area contributed by atoms with Crippen LogP contribution in [-0.4, -0.2) is 44.0 Å². The fourth-order valence-corrected chi connectivity index (χ4v) is 2.24. The Kier molecular flexibility index (Phi) is 5.55. The van der Waals surface area contributed by atoms with E-state index in [0.29, 0.717) is 6.54 Å². The summed E-state index contributed by atoms with van der Waals surface area (Å²) in [6, 6.07) is 15.4. The first kappa shape index (κ1) is 16.0. The van der Waals surface area contributed by atoms with Crippen LogP contribution in [0.1, 0.15) is 17.2 Å². The van der Waals surface area contributed by atoms with Gasteiger partial charge < -0.3 is 14.7 Å². The topological polar surface area (TPSA) is 45.1 Å². The fourth-order valence-electron chi connectivity index (χ4n) is 2.24. The van der Waals surface area contributed by atoms with Crippen molar-refractivity contribution in [3.05, 3.63) is 59.7 Å². The molecule has 0 spiro atoms. The normalized spacial score (nSPS) is 12.7. The number of nitrogens with zero attached hydrogens (tertiary/aromatic N) is 2. The SMILES string of the molecule is COc1ccc([C@H](CN=Cc2ccccc2O)N(C)C)cc1. The molecule has 4 heteroatoms. The van der Waals surface area contributed by atoms with Gasteiger partial charge in [-0.2, -0.15) is 0 Å². The molecule has 0 heterocycles. The van der Waals surface area contributed by atoms with Gasteiger partial charge in [-0.15, -0.1) is 0 Å². The van der Waals surface area contributed by atoms with E-state index in [1.807, 2.05) is 38.4 Å². The summed E-state index contributed by atoms with van der Waals surface area (Å²) in [7, 11) is 5.73. The lowest BCUT2D eigenvalue weighted by Crippen LogP contribution is -2.22. The van der Waals surface area contributed by atoms with Gasteiger partial charge in [-0.05, 0) is 43.9 Å². The zero-order valence-electron chi connectivity index (χ0n) is 13.2. The standard InChI is InChI=1S/C18H22N2O2/c1-20(2)17(14-8-10-16(22-3)11-9-14)13-19-12-15-6-4-5-7-18(15)21/h4-12,17,21H,13H2,1-3H3/t17-/m0/s1. The molecule has 0 fully saturated rings. The van der Waals surface area contributed by atoms with E-state index in [0.717, 1.165) is 11.3 Å². The Morgan fingerprint density at radius 1 is 1.14 bits per heavy atom. The predicted molar refractivity (Wildman–Crippen MR) is 90.0 cm³/mol. The van der Waals surface area contributed by atoms with Crippen LogP contribution in [0.5, 0.6) is 11.5 Å². The van der Waals surface area contributed by atoms with Gasteiger partial charge in [0.2, 0.25) is 0 Å². The number of methoxy groups -OCH3 is 1. The number of hydrogen-bond donors (Lipinski definition) is 1. The van der Waals surface area contributed by atoms with E-state index in [1.54, 1.807) is 25.5 Å². The number of phenolic OH excluding ortho intramolecular Hbond substituents is 1. The molecule has 0 radical (unpaired) electrons. The Bertz CT molecular complexity index is 621. The second-order valence-corrected chi connectivity index (χ2v) is 5.31. The molecule has 22 heavy (non-hydrogen) atoms. The van der Waals surface area contributed by atoms with Crippen LogP contribution in [0, 0.1) is 0 Å². The first-order valence-corrected chi connectivity index (χ1v) is 7.20. The highest BCUT2D eigenvalue weighted by Crippen LogP contribution is 2.22. The highest BCUT2D eigenvalue weighted by atomic mass is 16.5. The molecule has 2 rings (SSSR count). The van der Waals surface area contributed by atoms with Crippen LogP contribution in [0.3, 0.4) is 0 Å². The van der Waals surface area contributed by atoms with E-state index in [1.165, 1.54) is 5.56 Å². The van der Waals surface area contributed by atoms with E-state index in [4.69, 9.17) is 4.74 Å². The second kappa shape index (κ2) is 7.61. The number of aromatic hydroxyl groups is 1. The minimum Gasteiger partial charge on any atom is -0.507 e. The monoisotopic (exact) mass is 298 g/mol. The summed E-state index contributed by atoms with van der Waals surface area (Å²) in [5.41, 5.74) is 1.91. The van der Waals surface area contributed by atoms with Gasteiger partial charge in [0.1, 0.15) is 11.5 Å². The summed E-state index contributed by atoms with van der Waals surface area (Å²) in [6.07, 6.45) is 1.72. The van der Waals surface area contributed by atoms with Crippen molar-refractivity contribution in [1.29, 1.82) is 0 Å². The minimum atomic E-state index is 0.174. The second-order valence-electron chi connectivity index (χ2n) is 5.31. The molecule has 1 atom stereocenters. The summed E-state index contributed by atoms with van der Waals surface area (Å²) >= 11 is 0. The van der Waals surface area contributed by atoms with Gasteiger partial charge in [0.05, 0.1) is 19.7 Å². The Balaban J connectivity index is 2.10. The van der Waals surface area contributed by atoms with E-state index in [-0.39, 0.29) is 11.8 Å². The summed E-state index contributed by atoms with van der Waals surface area (Å²) in [5, 5.41) is 9.74. The Labute approximate surface area is 131 Å². The van der Waals surface area contributed by atoms with Crippen LogP contribution in [0.25, 0.3) is 0 Å². The quantitative estimate of drug-likeness (QED) is 0.833.